The van der Waals surface area contributed by atoms with Gasteiger partial charge in [-0.2, -0.15) is 9.97 Å². The number of nitrogens with zero attached hydrogens (tertiary/aromatic N) is 3. The van der Waals surface area contributed by atoms with Crippen LogP contribution >= 0.6 is 23.2 Å². The van der Waals surface area contributed by atoms with Crippen LogP contribution in [-0.2, 0) is 0 Å². The second-order valence-corrected chi connectivity index (χ2v) is 3.98. The Morgan fingerprint density at radius 1 is 1.20 bits per heavy atom. The molecule has 0 bridgehead atoms. The minimum Gasteiger partial charge on any atom is -0.368 e. The maximum atomic E-state index is 6.02. The van der Waals surface area contributed by atoms with Crippen molar-refractivity contribution in [1.29, 1.82) is 0 Å². The molecule has 1 aromatic heterocycles. The molecule has 0 aromatic carbocycles. The van der Waals surface area contributed by atoms with Crippen LogP contribution in [0.2, 0.25) is 10.2 Å². The lowest BCUT2D eigenvalue weighted by Gasteiger charge is -2.29. The third-order valence-corrected chi connectivity index (χ3v) is 2.95. The van der Waals surface area contributed by atoms with Gasteiger partial charge in [-0.15, -0.1) is 0 Å². The second-order valence-electron chi connectivity index (χ2n) is 3.25. The molecule has 0 spiro atoms. The van der Waals surface area contributed by atoms with Crippen molar-refractivity contribution in [3.8, 4) is 0 Å². The van der Waals surface area contributed by atoms with Crippen LogP contribution in [0.15, 0.2) is 0 Å². The lowest BCUT2D eigenvalue weighted by molar-refractivity contribution is 0.585. The number of piperazine rings is 1. The summed E-state index contributed by atoms with van der Waals surface area (Å²) in [7, 11) is 0. The zero-order valence-corrected chi connectivity index (χ0v) is 9.52. The Morgan fingerprint density at radius 2 is 1.87 bits per heavy atom. The molecule has 1 fully saturated rings. The van der Waals surface area contributed by atoms with Crippen LogP contribution < -0.4 is 16.0 Å². The Labute approximate surface area is 97.6 Å². The first-order valence-corrected chi connectivity index (χ1v) is 5.38. The van der Waals surface area contributed by atoms with E-state index in [-0.39, 0.29) is 11.1 Å². The molecule has 7 heteroatoms. The number of nitrogens with two attached hydrogens (primary N) is 1. The number of halogens is 2. The first-order valence-electron chi connectivity index (χ1n) is 4.62. The highest BCUT2D eigenvalue weighted by Gasteiger charge is 2.18. The summed E-state index contributed by atoms with van der Waals surface area (Å²) < 4.78 is 0. The van der Waals surface area contributed by atoms with Gasteiger partial charge in [-0.25, -0.2) is 0 Å². The van der Waals surface area contributed by atoms with Gasteiger partial charge in [-0.1, -0.05) is 23.2 Å². The van der Waals surface area contributed by atoms with Gasteiger partial charge in [0.05, 0.1) is 0 Å². The lowest BCUT2D eigenvalue weighted by atomic mass is 10.3. The molecule has 0 amide bonds. The van der Waals surface area contributed by atoms with Crippen LogP contribution in [0, 0.1) is 0 Å². The zero-order valence-electron chi connectivity index (χ0n) is 8.00. The van der Waals surface area contributed by atoms with E-state index in [0.717, 1.165) is 26.2 Å². The number of aromatic nitrogens is 2. The normalized spacial score (nSPS) is 16.8. The molecule has 3 N–H and O–H groups in total. The fourth-order valence-electron chi connectivity index (χ4n) is 1.51. The van der Waals surface area contributed by atoms with Gasteiger partial charge in [0.15, 0.2) is 11.0 Å². The molecule has 0 aliphatic carbocycles. The highest BCUT2D eigenvalue weighted by molar-refractivity contribution is 6.42. The maximum absolute atomic E-state index is 6.02. The average Bonchev–Trinajstić information content (AvgIpc) is 2.24. The fraction of sp³-hybridized carbons (Fsp3) is 0.500. The van der Waals surface area contributed by atoms with Crippen molar-refractivity contribution >= 4 is 35.0 Å². The van der Waals surface area contributed by atoms with Crippen molar-refractivity contribution < 1.29 is 0 Å². The summed E-state index contributed by atoms with van der Waals surface area (Å²) in [5.74, 6) is 0.772. The lowest BCUT2D eigenvalue weighted by Crippen LogP contribution is -2.44. The van der Waals surface area contributed by atoms with Gasteiger partial charge in [-0.05, 0) is 0 Å². The van der Waals surface area contributed by atoms with Crippen molar-refractivity contribution in [3.05, 3.63) is 10.2 Å². The number of anilines is 2. The molecule has 0 saturated carbocycles. The predicted octanol–water partition coefficient (Wildman–Crippen LogP) is 0.775. The topological polar surface area (TPSA) is 67.1 Å². The van der Waals surface area contributed by atoms with Gasteiger partial charge in [0.25, 0.3) is 0 Å². The third-order valence-electron chi connectivity index (χ3n) is 2.23. The Bertz CT molecular complexity index is 364. The fourth-order valence-corrected chi connectivity index (χ4v) is 1.89. The summed E-state index contributed by atoms with van der Waals surface area (Å²) in [5, 5.41) is 3.82. The minimum absolute atomic E-state index is 0.151. The number of hydrogen-bond acceptors (Lipinski definition) is 5. The van der Waals surface area contributed by atoms with Gasteiger partial charge in [0.1, 0.15) is 5.02 Å². The van der Waals surface area contributed by atoms with E-state index in [2.05, 4.69) is 15.3 Å². The predicted molar refractivity (Wildman–Crippen MR) is 61.5 cm³/mol. The van der Waals surface area contributed by atoms with Crippen LogP contribution in [0.3, 0.4) is 0 Å². The quantitative estimate of drug-likeness (QED) is 0.719. The van der Waals surface area contributed by atoms with Crippen LogP contribution in [0.4, 0.5) is 11.8 Å². The summed E-state index contributed by atoms with van der Waals surface area (Å²) in [6.45, 7) is 3.48. The number of nitrogen functional groups attached to an aromatic ring is 1. The molecule has 0 unspecified atom stereocenters. The molecular formula is C8H11Cl2N5. The standard InChI is InChI=1S/C8H11Cl2N5/c9-5-6(10)13-8(11)14-7(5)15-3-1-12-2-4-15/h12H,1-4H2,(H2,11,13,14). The van der Waals surface area contributed by atoms with Crippen LogP contribution in [0.5, 0.6) is 0 Å². The van der Waals surface area contributed by atoms with Crippen LogP contribution in [0.25, 0.3) is 0 Å². The molecule has 0 atom stereocenters. The van der Waals surface area contributed by atoms with Gasteiger partial charge in [-0.3, -0.25) is 0 Å². The summed E-state index contributed by atoms with van der Waals surface area (Å²) in [6, 6.07) is 0. The number of hydrogen-bond donors (Lipinski definition) is 2. The largest absolute Gasteiger partial charge is 0.368 e. The molecule has 1 aromatic rings. The Hall–Kier alpha value is -0.780. The van der Waals surface area contributed by atoms with E-state index in [0.29, 0.717) is 10.8 Å². The highest BCUT2D eigenvalue weighted by atomic mass is 35.5. The van der Waals surface area contributed by atoms with Gasteiger partial charge < -0.3 is 16.0 Å². The molecule has 2 rings (SSSR count). The van der Waals surface area contributed by atoms with E-state index >= 15 is 0 Å². The summed E-state index contributed by atoms with van der Waals surface area (Å²) in [4.78, 5) is 9.94. The van der Waals surface area contributed by atoms with E-state index < -0.39 is 0 Å². The smallest absolute Gasteiger partial charge is 0.223 e. The van der Waals surface area contributed by atoms with Crippen molar-refractivity contribution in [3.63, 3.8) is 0 Å². The molecule has 5 nitrogen and oxygen atoms in total. The minimum atomic E-state index is 0.151. The molecular weight excluding hydrogens is 237 g/mol. The van der Waals surface area contributed by atoms with Gasteiger partial charge >= 0.3 is 0 Å². The SMILES string of the molecule is Nc1nc(Cl)c(Cl)c(N2CCNCC2)n1. The molecule has 1 aliphatic rings. The average molecular weight is 248 g/mol. The molecule has 15 heavy (non-hydrogen) atoms. The second kappa shape index (κ2) is 4.38. The summed E-state index contributed by atoms with van der Waals surface area (Å²) in [6.07, 6.45) is 0. The molecule has 1 aliphatic heterocycles. The van der Waals surface area contributed by atoms with Crippen LogP contribution in [0.1, 0.15) is 0 Å². The van der Waals surface area contributed by atoms with Crippen molar-refractivity contribution in [2.24, 2.45) is 0 Å². The van der Waals surface area contributed by atoms with Crippen molar-refractivity contribution in [2.75, 3.05) is 36.8 Å². The molecule has 1 saturated heterocycles. The Kier molecular flexibility index (Phi) is 3.14. The summed E-state index contributed by atoms with van der Waals surface area (Å²) in [5.41, 5.74) is 5.53. The monoisotopic (exact) mass is 247 g/mol. The van der Waals surface area contributed by atoms with Gasteiger partial charge in [0.2, 0.25) is 5.95 Å². The third kappa shape index (κ3) is 2.25. The van der Waals surface area contributed by atoms with E-state index in [1.54, 1.807) is 0 Å². The van der Waals surface area contributed by atoms with Crippen LogP contribution in [-0.4, -0.2) is 36.1 Å². The van der Waals surface area contributed by atoms with E-state index in [1.807, 2.05) is 4.90 Å². The number of rotatable bonds is 1. The highest BCUT2D eigenvalue weighted by Crippen LogP contribution is 2.30. The summed E-state index contributed by atoms with van der Waals surface area (Å²) >= 11 is 11.9. The Balaban J connectivity index is 2.33. The molecule has 2 heterocycles. The van der Waals surface area contributed by atoms with E-state index in [4.69, 9.17) is 28.9 Å². The first kappa shape index (κ1) is 10.7. The van der Waals surface area contributed by atoms with Crippen molar-refractivity contribution in [1.82, 2.24) is 15.3 Å². The maximum Gasteiger partial charge on any atom is 0.223 e. The van der Waals surface area contributed by atoms with Crippen molar-refractivity contribution in [2.45, 2.75) is 0 Å². The van der Waals surface area contributed by atoms with E-state index in [9.17, 15) is 0 Å². The zero-order chi connectivity index (χ0) is 10.8. The Morgan fingerprint density at radius 3 is 2.53 bits per heavy atom. The number of nitrogens with one attached hydrogen (secondary N) is 1. The van der Waals surface area contributed by atoms with Gasteiger partial charge in [0, 0.05) is 26.2 Å². The molecule has 0 radical (unpaired) electrons. The molecule has 82 valence electrons. The van der Waals surface area contributed by atoms with E-state index in [1.165, 1.54) is 0 Å². The first-order chi connectivity index (χ1) is 7.18.